The van der Waals surface area contributed by atoms with Gasteiger partial charge in [0.2, 0.25) is 5.75 Å². The second-order valence-electron chi connectivity index (χ2n) is 7.73. The third-order valence-electron chi connectivity index (χ3n) is 5.44. The molecule has 0 fully saturated rings. The molecule has 1 heterocycles. The van der Waals surface area contributed by atoms with E-state index in [0.29, 0.717) is 39.2 Å². The Morgan fingerprint density at radius 3 is 2.03 bits per heavy atom. The van der Waals surface area contributed by atoms with Gasteiger partial charge in [0.25, 0.3) is 11.6 Å². The smallest absolute Gasteiger partial charge is 0.269 e. The van der Waals surface area contributed by atoms with E-state index in [1.165, 1.54) is 44.8 Å². The number of aryl methyl sites for hydroxylation is 1. The molecule has 1 amide bonds. The molecule has 184 valence electrons. The number of carbonyl (C=O) groups is 1. The minimum absolute atomic E-state index is 0.0122. The molecule has 0 spiro atoms. The lowest BCUT2D eigenvalue weighted by Gasteiger charge is -2.13. The van der Waals surface area contributed by atoms with E-state index in [-0.39, 0.29) is 5.69 Å². The first-order valence-corrected chi connectivity index (χ1v) is 11.6. The molecule has 0 radical (unpaired) electrons. The van der Waals surface area contributed by atoms with Gasteiger partial charge in [0.1, 0.15) is 0 Å². The lowest BCUT2D eigenvalue weighted by atomic mass is 10.1. The van der Waals surface area contributed by atoms with E-state index in [1.54, 1.807) is 24.3 Å². The Kier molecular flexibility index (Phi) is 7.16. The molecule has 0 saturated heterocycles. The minimum Gasteiger partial charge on any atom is -0.493 e. The Morgan fingerprint density at radius 2 is 1.50 bits per heavy atom. The zero-order valence-electron chi connectivity index (χ0n) is 20.0. The number of aromatic nitrogens is 1. The van der Waals surface area contributed by atoms with Gasteiger partial charge in [0.05, 0.1) is 36.8 Å². The molecule has 3 aromatic carbocycles. The number of thiazole rings is 1. The van der Waals surface area contributed by atoms with Crippen LogP contribution in [0.2, 0.25) is 0 Å². The quantitative estimate of drug-likeness (QED) is 0.232. The summed E-state index contributed by atoms with van der Waals surface area (Å²) in [5.74, 6) is 0.683. The number of carbonyl (C=O) groups excluding carboxylic acids is 1. The number of rotatable bonds is 8. The number of ether oxygens (including phenoxy) is 3. The van der Waals surface area contributed by atoms with Crippen molar-refractivity contribution in [3.8, 4) is 38.9 Å². The molecule has 0 aliphatic carbocycles. The van der Waals surface area contributed by atoms with Crippen LogP contribution in [0.1, 0.15) is 15.9 Å². The Morgan fingerprint density at radius 1 is 0.917 bits per heavy atom. The maximum Gasteiger partial charge on any atom is 0.269 e. The van der Waals surface area contributed by atoms with Crippen molar-refractivity contribution in [2.24, 2.45) is 0 Å². The second-order valence-corrected chi connectivity index (χ2v) is 8.73. The van der Waals surface area contributed by atoms with Gasteiger partial charge < -0.3 is 14.2 Å². The first-order chi connectivity index (χ1) is 17.3. The first-order valence-electron chi connectivity index (χ1n) is 10.8. The van der Waals surface area contributed by atoms with Gasteiger partial charge in [-0.15, -0.1) is 0 Å². The third-order valence-corrected chi connectivity index (χ3v) is 6.46. The number of nitrogens with one attached hydrogen (secondary N) is 1. The molecule has 4 rings (SSSR count). The Hall–Kier alpha value is -4.44. The fraction of sp³-hybridized carbons (Fsp3) is 0.154. The Bertz CT molecular complexity index is 1390. The van der Waals surface area contributed by atoms with Crippen LogP contribution in [0, 0.1) is 17.0 Å². The Balaban J connectivity index is 1.73. The molecule has 0 saturated carbocycles. The van der Waals surface area contributed by atoms with E-state index >= 15 is 0 Å². The summed E-state index contributed by atoms with van der Waals surface area (Å²) in [5, 5.41) is 14.3. The van der Waals surface area contributed by atoms with E-state index in [4.69, 9.17) is 14.2 Å². The molecule has 0 aliphatic rings. The number of anilines is 1. The summed E-state index contributed by atoms with van der Waals surface area (Å²) in [6.45, 7) is 2.00. The highest BCUT2D eigenvalue weighted by Gasteiger charge is 2.21. The van der Waals surface area contributed by atoms with Gasteiger partial charge in [-0.1, -0.05) is 41.2 Å². The van der Waals surface area contributed by atoms with Crippen LogP contribution in [0.4, 0.5) is 10.8 Å². The van der Waals surface area contributed by atoms with Gasteiger partial charge in [-0.05, 0) is 36.8 Å². The lowest BCUT2D eigenvalue weighted by molar-refractivity contribution is -0.384. The molecule has 36 heavy (non-hydrogen) atoms. The number of non-ortho nitro benzene ring substituents is 1. The molecule has 0 unspecified atom stereocenters. The summed E-state index contributed by atoms with van der Waals surface area (Å²) in [5.41, 5.74) is 3.62. The van der Waals surface area contributed by atoms with Crippen LogP contribution >= 0.6 is 11.3 Å². The topological polar surface area (TPSA) is 113 Å². The van der Waals surface area contributed by atoms with E-state index in [9.17, 15) is 14.9 Å². The summed E-state index contributed by atoms with van der Waals surface area (Å²) in [7, 11) is 4.44. The van der Waals surface area contributed by atoms with Crippen LogP contribution in [0.15, 0.2) is 60.7 Å². The molecule has 0 atom stereocenters. The van der Waals surface area contributed by atoms with Crippen molar-refractivity contribution in [2.75, 3.05) is 26.6 Å². The summed E-state index contributed by atoms with van der Waals surface area (Å²) in [4.78, 5) is 29.3. The third kappa shape index (κ3) is 4.98. The lowest BCUT2D eigenvalue weighted by Crippen LogP contribution is -2.12. The van der Waals surface area contributed by atoms with Gasteiger partial charge in [-0.25, -0.2) is 4.98 Å². The van der Waals surface area contributed by atoms with Gasteiger partial charge in [-0.3, -0.25) is 20.2 Å². The van der Waals surface area contributed by atoms with E-state index in [0.717, 1.165) is 16.0 Å². The number of nitrogens with zero attached hydrogens (tertiary/aromatic N) is 2. The maximum atomic E-state index is 13.1. The summed E-state index contributed by atoms with van der Waals surface area (Å²) in [6.07, 6.45) is 0. The van der Waals surface area contributed by atoms with Crippen molar-refractivity contribution in [1.29, 1.82) is 0 Å². The number of nitro benzene ring substituents is 1. The molecule has 0 aliphatic heterocycles. The van der Waals surface area contributed by atoms with Gasteiger partial charge in [0, 0.05) is 23.3 Å². The number of nitro groups is 1. The number of hydrogen-bond donors (Lipinski definition) is 1. The number of methoxy groups -OCH3 is 3. The van der Waals surface area contributed by atoms with Crippen LogP contribution in [0.5, 0.6) is 17.2 Å². The fourth-order valence-electron chi connectivity index (χ4n) is 3.59. The average molecular weight is 506 g/mol. The first kappa shape index (κ1) is 24.7. The molecule has 4 aromatic rings. The fourth-order valence-corrected chi connectivity index (χ4v) is 4.58. The SMILES string of the molecule is COc1cc(C(=O)Nc2nc(-c3ccc([N+](=O)[O-])cc3)c(-c3ccc(C)cc3)s2)cc(OC)c1OC. The summed E-state index contributed by atoms with van der Waals surface area (Å²) < 4.78 is 16.0. The van der Waals surface area contributed by atoms with Crippen LogP contribution in [0.3, 0.4) is 0 Å². The van der Waals surface area contributed by atoms with Crippen molar-refractivity contribution in [3.63, 3.8) is 0 Å². The van der Waals surface area contributed by atoms with Crippen LogP contribution in [-0.4, -0.2) is 37.1 Å². The highest BCUT2D eigenvalue weighted by molar-refractivity contribution is 7.19. The predicted octanol–water partition coefficient (Wildman–Crippen LogP) is 5.97. The molecule has 1 N–H and O–H groups in total. The number of amides is 1. The molecule has 9 nitrogen and oxygen atoms in total. The molecule has 0 bridgehead atoms. The number of hydrogen-bond acceptors (Lipinski definition) is 8. The second kappa shape index (κ2) is 10.4. The molecular formula is C26H23N3O6S. The Labute approximate surface area is 211 Å². The molecular weight excluding hydrogens is 482 g/mol. The summed E-state index contributed by atoms with van der Waals surface area (Å²) >= 11 is 1.31. The van der Waals surface area contributed by atoms with Crippen molar-refractivity contribution in [1.82, 2.24) is 4.98 Å². The summed E-state index contributed by atoms with van der Waals surface area (Å²) in [6, 6.07) is 17.2. The zero-order chi connectivity index (χ0) is 25.8. The highest BCUT2D eigenvalue weighted by Crippen LogP contribution is 2.41. The van der Waals surface area contributed by atoms with Crippen LogP contribution < -0.4 is 19.5 Å². The van der Waals surface area contributed by atoms with E-state index in [1.807, 2.05) is 31.2 Å². The van der Waals surface area contributed by atoms with Crippen molar-refractivity contribution in [3.05, 3.63) is 81.9 Å². The zero-order valence-corrected chi connectivity index (χ0v) is 20.8. The van der Waals surface area contributed by atoms with Crippen LogP contribution in [0.25, 0.3) is 21.7 Å². The monoisotopic (exact) mass is 505 g/mol. The van der Waals surface area contributed by atoms with Gasteiger partial charge in [0.15, 0.2) is 16.6 Å². The number of benzene rings is 3. The van der Waals surface area contributed by atoms with Crippen LogP contribution in [-0.2, 0) is 0 Å². The average Bonchev–Trinajstić information content (AvgIpc) is 3.31. The van der Waals surface area contributed by atoms with E-state index < -0.39 is 10.8 Å². The van der Waals surface area contributed by atoms with E-state index in [2.05, 4.69) is 10.3 Å². The highest BCUT2D eigenvalue weighted by atomic mass is 32.1. The standard InChI is InChI=1S/C26H23N3O6S/c1-15-5-7-17(8-6-15)24-22(16-9-11-19(12-10-16)29(31)32)27-26(36-24)28-25(30)18-13-20(33-2)23(35-4)21(14-18)34-3/h5-14H,1-4H3,(H,27,28,30). The minimum atomic E-state index is -0.450. The van der Waals surface area contributed by atoms with Crippen molar-refractivity contribution < 1.29 is 23.9 Å². The molecule has 10 heteroatoms. The molecule has 1 aromatic heterocycles. The van der Waals surface area contributed by atoms with Gasteiger partial charge >= 0.3 is 0 Å². The van der Waals surface area contributed by atoms with Crippen molar-refractivity contribution in [2.45, 2.75) is 6.92 Å². The maximum absolute atomic E-state index is 13.1. The largest absolute Gasteiger partial charge is 0.493 e. The normalized spacial score (nSPS) is 10.6. The van der Waals surface area contributed by atoms with Gasteiger partial charge in [-0.2, -0.15) is 0 Å². The van der Waals surface area contributed by atoms with Crippen molar-refractivity contribution >= 4 is 28.1 Å². The predicted molar refractivity (Wildman–Crippen MR) is 138 cm³/mol.